The number of methoxy groups -OCH3 is 1. The first-order chi connectivity index (χ1) is 16.1. The Labute approximate surface area is 196 Å². The van der Waals surface area contributed by atoms with E-state index in [2.05, 4.69) is 15.4 Å². The number of nitrogens with one attached hydrogen (secondary N) is 1. The SMILES string of the molecule is COc1ccc(-c2cc3c(N[C@@H]4CCN(C(=O)C(N)=O)CC4(C)C)c(C(N)=O)cnn3c2)cn1. The maximum atomic E-state index is 12.2. The minimum atomic E-state index is -0.970. The van der Waals surface area contributed by atoms with Crippen LogP contribution in [0.3, 0.4) is 0 Å². The van der Waals surface area contributed by atoms with Gasteiger partial charge in [-0.15, -0.1) is 0 Å². The highest BCUT2D eigenvalue weighted by Crippen LogP contribution is 2.35. The van der Waals surface area contributed by atoms with Crippen LogP contribution in [0.4, 0.5) is 5.69 Å². The molecule has 0 aromatic carbocycles. The molecule has 3 amide bonds. The van der Waals surface area contributed by atoms with E-state index in [0.717, 1.165) is 11.1 Å². The topological polar surface area (TPSA) is 158 Å². The molecule has 11 nitrogen and oxygen atoms in total. The molecule has 1 fully saturated rings. The number of piperidine rings is 1. The summed E-state index contributed by atoms with van der Waals surface area (Å²) in [5.74, 6) is -1.76. The first-order valence-corrected chi connectivity index (χ1v) is 10.8. The zero-order valence-electron chi connectivity index (χ0n) is 19.2. The molecular weight excluding hydrogens is 438 g/mol. The van der Waals surface area contributed by atoms with Crippen molar-refractivity contribution >= 4 is 28.9 Å². The number of anilines is 1. The highest BCUT2D eigenvalue weighted by Gasteiger charge is 2.39. The molecule has 0 radical (unpaired) electrons. The molecule has 0 bridgehead atoms. The number of aromatic nitrogens is 3. The van der Waals surface area contributed by atoms with E-state index in [1.807, 2.05) is 32.2 Å². The van der Waals surface area contributed by atoms with E-state index in [-0.39, 0.29) is 11.6 Å². The second-order valence-corrected chi connectivity index (χ2v) is 9.01. The summed E-state index contributed by atoms with van der Waals surface area (Å²) >= 11 is 0. The standard InChI is InChI=1S/C23H27N7O4/c1-23(2)12-29(22(33)21(25)32)7-6-17(23)28-19-15(20(24)31)10-27-30-11-14(8-16(19)30)13-4-5-18(34-3)26-9-13/h4-5,8-11,17,28H,6-7,12H2,1-3H3,(H2,24,31)(H2,25,32)/t17-/m1/s1. The van der Waals surface area contributed by atoms with Gasteiger partial charge >= 0.3 is 11.8 Å². The quantitative estimate of drug-likeness (QED) is 0.475. The first-order valence-electron chi connectivity index (χ1n) is 10.8. The van der Waals surface area contributed by atoms with Gasteiger partial charge in [-0.2, -0.15) is 5.10 Å². The maximum Gasteiger partial charge on any atom is 0.311 e. The largest absolute Gasteiger partial charge is 0.481 e. The van der Waals surface area contributed by atoms with E-state index < -0.39 is 23.1 Å². The molecule has 178 valence electrons. The smallest absolute Gasteiger partial charge is 0.311 e. The van der Waals surface area contributed by atoms with Crippen molar-refractivity contribution in [1.82, 2.24) is 19.5 Å². The molecule has 5 N–H and O–H groups in total. The van der Waals surface area contributed by atoms with Crippen molar-refractivity contribution < 1.29 is 19.1 Å². The minimum Gasteiger partial charge on any atom is -0.481 e. The minimum absolute atomic E-state index is 0.116. The van der Waals surface area contributed by atoms with Crippen LogP contribution in [0, 0.1) is 5.41 Å². The van der Waals surface area contributed by atoms with Gasteiger partial charge < -0.3 is 26.4 Å². The fourth-order valence-corrected chi connectivity index (χ4v) is 4.35. The van der Waals surface area contributed by atoms with Crippen LogP contribution in [-0.4, -0.2) is 63.5 Å². The second-order valence-electron chi connectivity index (χ2n) is 9.01. The summed E-state index contributed by atoms with van der Waals surface area (Å²) in [5, 5.41) is 7.84. The molecule has 1 aliphatic heterocycles. The van der Waals surface area contributed by atoms with Crippen molar-refractivity contribution in [2.24, 2.45) is 16.9 Å². The number of carbonyl (C=O) groups is 3. The Hall–Kier alpha value is -4.15. The third-order valence-corrected chi connectivity index (χ3v) is 6.23. The van der Waals surface area contributed by atoms with Gasteiger partial charge in [0.25, 0.3) is 5.91 Å². The number of primary amides is 2. The number of fused-ring (bicyclic) bond motifs is 1. The zero-order valence-corrected chi connectivity index (χ0v) is 19.2. The lowest BCUT2D eigenvalue weighted by atomic mass is 9.78. The third-order valence-electron chi connectivity index (χ3n) is 6.23. The van der Waals surface area contributed by atoms with E-state index >= 15 is 0 Å². The lowest BCUT2D eigenvalue weighted by Gasteiger charge is -2.44. The summed E-state index contributed by atoms with van der Waals surface area (Å²) in [6.07, 6.45) is 5.53. The molecule has 11 heteroatoms. The average Bonchev–Trinajstić information content (AvgIpc) is 3.24. The fraction of sp³-hybridized carbons (Fsp3) is 0.348. The molecule has 0 saturated carbocycles. The normalized spacial score (nSPS) is 17.4. The summed E-state index contributed by atoms with van der Waals surface area (Å²) in [5.41, 5.74) is 13.6. The average molecular weight is 466 g/mol. The molecule has 34 heavy (non-hydrogen) atoms. The van der Waals surface area contributed by atoms with Gasteiger partial charge in [0.05, 0.1) is 30.1 Å². The molecule has 0 unspecified atom stereocenters. The number of likely N-dealkylation sites (tertiary alicyclic amines) is 1. The van der Waals surface area contributed by atoms with Crippen LogP contribution in [0.2, 0.25) is 0 Å². The van der Waals surface area contributed by atoms with Crippen LogP contribution in [0.15, 0.2) is 36.8 Å². The van der Waals surface area contributed by atoms with Gasteiger partial charge in [0.1, 0.15) is 0 Å². The summed E-state index contributed by atoms with van der Waals surface area (Å²) < 4.78 is 6.80. The summed E-state index contributed by atoms with van der Waals surface area (Å²) in [6.45, 7) is 4.67. The number of hydrogen-bond donors (Lipinski definition) is 3. The Bertz CT molecular complexity index is 1270. The Kier molecular flexibility index (Phi) is 5.86. The van der Waals surface area contributed by atoms with Gasteiger partial charge in [0.15, 0.2) is 0 Å². The Morgan fingerprint density at radius 1 is 1.18 bits per heavy atom. The van der Waals surface area contributed by atoms with E-state index in [9.17, 15) is 14.4 Å². The van der Waals surface area contributed by atoms with Gasteiger partial charge in [-0.25, -0.2) is 9.50 Å². The van der Waals surface area contributed by atoms with Gasteiger partial charge in [-0.1, -0.05) is 13.8 Å². The number of ether oxygens (including phenoxy) is 1. The number of amides is 3. The number of rotatable bonds is 5. The Balaban J connectivity index is 1.70. The fourth-order valence-electron chi connectivity index (χ4n) is 4.35. The molecule has 0 spiro atoms. The lowest BCUT2D eigenvalue weighted by Crippen LogP contribution is -2.55. The number of hydrogen-bond acceptors (Lipinski definition) is 7. The van der Waals surface area contributed by atoms with Crippen molar-refractivity contribution in [2.75, 3.05) is 25.5 Å². The predicted octanol–water partition coefficient (Wildman–Crippen LogP) is 1.03. The van der Waals surface area contributed by atoms with E-state index in [1.54, 1.807) is 23.9 Å². The predicted molar refractivity (Wildman–Crippen MR) is 125 cm³/mol. The highest BCUT2D eigenvalue weighted by atomic mass is 16.5. The Morgan fingerprint density at radius 3 is 2.53 bits per heavy atom. The highest BCUT2D eigenvalue weighted by molar-refractivity contribution is 6.34. The van der Waals surface area contributed by atoms with Gasteiger partial charge in [0.2, 0.25) is 5.88 Å². The van der Waals surface area contributed by atoms with E-state index in [4.69, 9.17) is 16.2 Å². The number of carbonyl (C=O) groups excluding carboxylic acids is 3. The molecule has 4 heterocycles. The molecule has 4 rings (SSSR count). The van der Waals surface area contributed by atoms with Crippen molar-refractivity contribution in [1.29, 1.82) is 0 Å². The first kappa shape index (κ1) is 23.0. The molecule has 1 aliphatic rings. The molecule has 1 atom stereocenters. The lowest BCUT2D eigenvalue weighted by molar-refractivity contribution is -0.146. The van der Waals surface area contributed by atoms with Crippen molar-refractivity contribution in [3.63, 3.8) is 0 Å². The summed E-state index contributed by atoms with van der Waals surface area (Å²) in [7, 11) is 1.55. The number of nitrogens with zero attached hydrogens (tertiary/aromatic N) is 4. The molecule has 3 aromatic heterocycles. The van der Waals surface area contributed by atoms with Crippen molar-refractivity contribution in [3.05, 3.63) is 42.4 Å². The van der Waals surface area contributed by atoms with Gasteiger partial charge in [-0.05, 0) is 18.6 Å². The third kappa shape index (κ3) is 4.24. The molecular formula is C23H27N7O4. The number of pyridine rings is 1. The van der Waals surface area contributed by atoms with Crippen LogP contribution < -0.4 is 21.5 Å². The van der Waals surface area contributed by atoms with Crippen LogP contribution in [0.25, 0.3) is 16.6 Å². The summed E-state index contributed by atoms with van der Waals surface area (Å²) in [4.78, 5) is 41.4. The van der Waals surface area contributed by atoms with Gasteiger partial charge in [-0.3, -0.25) is 14.4 Å². The van der Waals surface area contributed by atoms with Crippen LogP contribution in [-0.2, 0) is 9.59 Å². The monoisotopic (exact) mass is 465 g/mol. The number of nitrogens with two attached hydrogens (primary N) is 2. The van der Waals surface area contributed by atoms with E-state index in [0.29, 0.717) is 36.6 Å². The van der Waals surface area contributed by atoms with Crippen LogP contribution in [0.5, 0.6) is 5.88 Å². The summed E-state index contributed by atoms with van der Waals surface area (Å²) in [6, 6.07) is 5.44. The van der Waals surface area contributed by atoms with E-state index in [1.165, 1.54) is 11.1 Å². The maximum absolute atomic E-state index is 12.2. The van der Waals surface area contributed by atoms with Crippen molar-refractivity contribution in [3.8, 4) is 17.0 Å². The Morgan fingerprint density at radius 2 is 1.94 bits per heavy atom. The molecule has 1 saturated heterocycles. The van der Waals surface area contributed by atoms with Gasteiger partial charge in [0, 0.05) is 54.1 Å². The molecule has 3 aromatic rings. The zero-order chi connectivity index (χ0) is 24.6. The van der Waals surface area contributed by atoms with Crippen LogP contribution >= 0.6 is 0 Å². The molecule has 0 aliphatic carbocycles. The van der Waals surface area contributed by atoms with Crippen molar-refractivity contribution in [2.45, 2.75) is 26.3 Å². The second kappa shape index (κ2) is 8.65. The van der Waals surface area contributed by atoms with Crippen LogP contribution in [0.1, 0.15) is 30.6 Å².